The second-order valence-electron chi connectivity index (χ2n) is 19.9. The first-order valence-electron chi connectivity index (χ1n) is 19.1. The van der Waals surface area contributed by atoms with Crippen molar-refractivity contribution < 1.29 is 4.74 Å². The molecule has 4 heteroatoms. The van der Waals surface area contributed by atoms with Gasteiger partial charge in [0, 0.05) is 26.2 Å². The number of hydrogen-bond acceptors (Lipinski definition) is 3. The summed E-state index contributed by atoms with van der Waals surface area (Å²) in [5, 5.41) is 0. The molecule has 0 fully saturated rings. The number of ether oxygens (including phenoxy) is 1. The molecule has 0 saturated heterocycles. The Labute approximate surface area is 316 Å². The Balaban J connectivity index is 1.42. The van der Waals surface area contributed by atoms with Crippen LogP contribution in [0.1, 0.15) is 129 Å². The molecule has 0 spiro atoms. The molecule has 4 aliphatic rings. The van der Waals surface area contributed by atoms with Crippen molar-refractivity contribution in [1.82, 2.24) is 0 Å². The number of benzene rings is 5. The highest BCUT2D eigenvalue weighted by Gasteiger charge is 2.52. The van der Waals surface area contributed by atoms with Gasteiger partial charge in [0.25, 0.3) is 0 Å². The number of hydrogen-bond donors (Lipinski definition) is 0. The van der Waals surface area contributed by atoms with E-state index >= 15 is 0 Å². The van der Waals surface area contributed by atoms with Gasteiger partial charge in [-0.25, -0.2) is 0 Å². The van der Waals surface area contributed by atoms with E-state index in [2.05, 4.69) is 174 Å². The quantitative estimate of drug-likeness (QED) is 0.149. The van der Waals surface area contributed by atoms with Crippen LogP contribution in [0.2, 0.25) is 0 Å². The van der Waals surface area contributed by atoms with Crippen LogP contribution >= 0.6 is 11.8 Å². The van der Waals surface area contributed by atoms with Gasteiger partial charge in [-0.05, 0) is 102 Å². The van der Waals surface area contributed by atoms with E-state index in [0.717, 1.165) is 17.2 Å². The van der Waals surface area contributed by atoms with Crippen LogP contribution in [0, 0.1) is 0 Å². The lowest BCUT2D eigenvalue weighted by Crippen LogP contribution is -2.65. The monoisotopic (exact) mass is 701 g/mol. The molecule has 0 N–H and O–H groups in total. The Morgan fingerprint density at radius 3 is 1.92 bits per heavy atom. The Kier molecular flexibility index (Phi) is 6.79. The molecule has 0 atom stereocenters. The number of nitrogens with zero attached hydrogens (tertiary/aromatic N) is 1. The van der Waals surface area contributed by atoms with Gasteiger partial charge in [-0.2, -0.15) is 0 Å². The summed E-state index contributed by atoms with van der Waals surface area (Å²) in [5.41, 5.74) is 17.2. The molecule has 0 bridgehead atoms. The van der Waals surface area contributed by atoms with Gasteiger partial charge in [0.15, 0.2) is 5.75 Å². The summed E-state index contributed by atoms with van der Waals surface area (Å²) in [6.07, 6.45) is 0. The van der Waals surface area contributed by atoms with E-state index in [4.69, 9.17) is 4.74 Å². The normalized spacial score (nSPS) is 17.2. The maximum Gasteiger partial charge on any atom is 0.329 e. The van der Waals surface area contributed by atoms with Crippen LogP contribution in [0.3, 0.4) is 0 Å². The van der Waals surface area contributed by atoms with Gasteiger partial charge in [0.05, 0.1) is 11.4 Å². The van der Waals surface area contributed by atoms with E-state index in [1.54, 1.807) is 0 Å². The summed E-state index contributed by atoms with van der Waals surface area (Å²) >= 11 is 1.98. The van der Waals surface area contributed by atoms with Crippen molar-refractivity contribution in [2.24, 2.45) is 0 Å². The van der Waals surface area contributed by atoms with Gasteiger partial charge in [-0.3, -0.25) is 0 Å². The van der Waals surface area contributed by atoms with Crippen molar-refractivity contribution >= 4 is 40.9 Å². The molecule has 2 nitrogen and oxygen atoms in total. The van der Waals surface area contributed by atoms with E-state index in [1.165, 1.54) is 76.5 Å². The van der Waals surface area contributed by atoms with Gasteiger partial charge >= 0.3 is 6.85 Å². The molecule has 0 saturated carbocycles. The van der Waals surface area contributed by atoms with Gasteiger partial charge in [-0.15, -0.1) is 0 Å². The lowest BCUT2D eigenvalue weighted by atomic mass is 9.38. The topological polar surface area (TPSA) is 12.5 Å². The molecule has 5 aromatic rings. The molecule has 0 unspecified atom stereocenters. The molecule has 0 aromatic heterocycles. The highest BCUT2D eigenvalue weighted by Crippen LogP contribution is 2.59. The maximum atomic E-state index is 7.09. The molecular weight excluding hydrogens is 649 g/mol. The first kappa shape index (κ1) is 33.9. The zero-order valence-corrected chi connectivity index (χ0v) is 34.2. The van der Waals surface area contributed by atoms with Crippen LogP contribution in [-0.4, -0.2) is 6.85 Å². The number of anilines is 2. The molecule has 52 heavy (non-hydrogen) atoms. The minimum absolute atomic E-state index is 0.00287. The van der Waals surface area contributed by atoms with Gasteiger partial charge < -0.3 is 9.55 Å². The first-order valence-corrected chi connectivity index (χ1v) is 20.0. The van der Waals surface area contributed by atoms with Crippen LogP contribution in [0.25, 0.3) is 11.1 Å². The van der Waals surface area contributed by atoms with Crippen LogP contribution in [0.4, 0.5) is 11.4 Å². The SMILES string of the molecule is CC(C)(C)c1ccc2c(c1)Oc1cc(C(C)(C)C)cc3c1N2B1c2ccc4c(c2C(C)(C)c2cc(C(C)(C)C)cc-3c21)Sc1ccccc1C4(C)C. The molecule has 9 rings (SSSR count). The Morgan fingerprint density at radius 2 is 1.23 bits per heavy atom. The smallest absolute Gasteiger partial charge is 0.329 e. The zero-order valence-electron chi connectivity index (χ0n) is 33.3. The predicted octanol–water partition coefficient (Wildman–Crippen LogP) is 12.0. The average Bonchev–Trinajstić information content (AvgIpc) is 3.05. The van der Waals surface area contributed by atoms with Gasteiger partial charge in [0.2, 0.25) is 0 Å². The number of fused-ring (bicyclic) bond motifs is 9. The molecule has 0 aliphatic carbocycles. The van der Waals surface area contributed by atoms with Crippen LogP contribution in [0.5, 0.6) is 11.5 Å². The minimum atomic E-state index is -0.231. The highest BCUT2D eigenvalue weighted by molar-refractivity contribution is 7.99. The Bertz CT molecular complexity index is 2380. The minimum Gasteiger partial charge on any atom is -0.453 e. The van der Waals surface area contributed by atoms with Crippen molar-refractivity contribution in [2.75, 3.05) is 4.81 Å². The standard InChI is InChI=1S/C48H52BNOS/c1-44(2,3)27-18-21-36-37(25-27)51-38-26-29(46(7,8)9)23-31-30-22-28(45(4,5)6)24-34-41(30)49(50(36)42(31)38)35-20-19-33-43(40(35)48(34,12)13)52-39-17-15-14-16-32(39)47(33,10)11/h14-26H,1-13H3. The maximum absolute atomic E-state index is 7.09. The Morgan fingerprint density at radius 1 is 0.596 bits per heavy atom. The molecule has 0 amide bonds. The van der Waals surface area contributed by atoms with Gasteiger partial charge in [-0.1, -0.05) is 150 Å². The van der Waals surface area contributed by atoms with Crippen molar-refractivity contribution in [1.29, 1.82) is 0 Å². The van der Waals surface area contributed by atoms with E-state index < -0.39 is 0 Å². The summed E-state index contributed by atoms with van der Waals surface area (Å²) in [5.74, 6) is 1.91. The van der Waals surface area contributed by atoms with Crippen molar-refractivity contribution in [2.45, 2.75) is 127 Å². The van der Waals surface area contributed by atoms with E-state index in [-0.39, 0.29) is 33.9 Å². The predicted molar refractivity (Wildman–Crippen MR) is 223 cm³/mol. The van der Waals surface area contributed by atoms with Crippen LogP contribution in [-0.2, 0) is 27.1 Å². The molecule has 4 heterocycles. The first-order chi connectivity index (χ1) is 24.2. The summed E-state index contributed by atoms with van der Waals surface area (Å²) in [6.45, 7) is 30.7. The van der Waals surface area contributed by atoms with Crippen molar-refractivity contribution in [3.63, 3.8) is 0 Å². The lowest BCUT2D eigenvalue weighted by Gasteiger charge is -2.50. The summed E-state index contributed by atoms with van der Waals surface area (Å²) < 4.78 is 7.09. The summed E-state index contributed by atoms with van der Waals surface area (Å²) in [7, 11) is 0. The third-order valence-electron chi connectivity index (χ3n) is 12.6. The molecule has 5 aromatic carbocycles. The van der Waals surface area contributed by atoms with Crippen LogP contribution < -0.4 is 20.5 Å². The fraction of sp³-hybridized carbons (Fsp3) is 0.375. The Hall–Kier alpha value is -3.89. The van der Waals surface area contributed by atoms with E-state index in [1.807, 2.05) is 11.8 Å². The number of rotatable bonds is 0. The van der Waals surface area contributed by atoms with Gasteiger partial charge in [0.1, 0.15) is 5.75 Å². The second-order valence-corrected chi connectivity index (χ2v) is 21.0. The van der Waals surface area contributed by atoms with E-state index in [9.17, 15) is 0 Å². The molecule has 0 radical (unpaired) electrons. The average molecular weight is 702 g/mol. The van der Waals surface area contributed by atoms with E-state index in [0.29, 0.717) is 0 Å². The molecule has 264 valence electrons. The molecule has 4 aliphatic heterocycles. The van der Waals surface area contributed by atoms with Crippen molar-refractivity contribution in [3.8, 4) is 22.6 Å². The van der Waals surface area contributed by atoms with Crippen LogP contribution in [0.15, 0.2) is 88.7 Å². The third-order valence-corrected chi connectivity index (χ3v) is 13.8. The fourth-order valence-corrected chi connectivity index (χ4v) is 11.1. The highest BCUT2D eigenvalue weighted by atomic mass is 32.2. The third kappa shape index (κ3) is 4.58. The zero-order chi connectivity index (χ0) is 37.1. The molecular formula is C48H52BNOS. The summed E-state index contributed by atoms with van der Waals surface area (Å²) in [6, 6.07) is 30.9. The van der Waals surface area contributed by atoms with Crippen molar-refractivity contribution in [3.05, 3.63) is 118 Å². The largest absolute Gasteiger partial charge is 0.453 e. The lowest BCUT2D eigenvalue weighted by molar-refractivity contribution is 0.470. The fourth-order valence-electron chi connectivity index (χ4n) is 9.42. The summed E-state index contributed by atoms with van der Waals surface area (Å²) in [4.78, 5) is 5.47. The second kappa shape index (κ2) is 10.4.